The lowest BCUT2D eigenvalue weighted by Crippen LogP contribution is -2.28. The zero-order valence-corrected chi connectivity index (χ0v) is 9.73. The summed E-state index contributed by atoms with van der Waals surface area (Å²) in [5.74, 6) is 0.578. The Morgan fingerprint density at radius 3 is 2.62 bits per heavy atom. The number of rotatable bonds is 2. The summed E-state index contributed by atoms with van der Waals surface area (Å²) in [6.07, 6.45) is 3.47. The van der Waals surface area contributed by atoms with E-state index in [0.29, 0.717) is 16.7 Å². The van der Waals surface area contributed by atoms with Crippen molar-refractivity contribution in [3.8, 4) is 0 Å². The highest BCUT2D eigenvalue weighted by molar-refractivity contribution is 6.20. The second-order valence-corrected chi connectivity index (χ2v) is 5.80. The normalized spacial score (nSPS) is 30.5. The first-order valence-corrected chi connectivity index (χ1v) is 5.64. The van der Waals surface area contributed by atoms with Crippen LogP contribution in [0.3, 0.4) is 0 Å². The van der Waals surface area contributed by atoms with E-state index in [1.165, 1.54) is 12.8 Å². The molecule has 2 heteroatoms. The molecule has 0 amide bonds. The molecule has 0 aromatic heterocycles. The Bertz CT molecular complexity index is 151. The van der Waals surface area contributed by atoms with E-state index in [2.05, 4.69) is 20.8 Å². The molecule has 0 saturated carbocycles. The van der Waals surface area contributed by atoms with E-state index in [-0.39, 0.29) is 0 Å². The molecular formula is C11H21ClO. The highest BCUT2D eigenvalue weighted by atomic mass is 35.5. The number of alkyl halides is 1. The molecule has 13 heavy (non-hydrogen) atoms. The Morgan fingerprint density at radius 2 is 2.08 bits per heavy atom. The number of hydrogen-bond acceptors (Lipinski definition) is 1. The van der Waals surface area contributed by atoms with E-state index >= 15 is 0 Å². The summed E-state index contributed by atoms with van der Waals surface area (Å²) in [6.45, 7) is 8.55. The highest BCUT2D eigenvalue weighted by Crippen LogP contribution is 2.29. The maximum atomic E-state index is 6.23. The van der Waals surface area contributed by atoms with Gasteiger partial charge in [0.2, 0.25) is 0 Å². The van der Waals surface area contributed by atoms with Crippen LogP contribution in [0.15, 0.2) is 0 Å². The van der Waals surface area contributed by atoms with E-state index in [1.807, 2.05) is 0 Å². The predicted octanol–water partition coefficient (Wildman–Crippen LogP) is 3.46. The van der Waals surface area contributed by atoms with Crippen molar-refractivity contribution in [2.75, 3.05) is 13.2 Å². The van der Waals surface area contributed by atoms with Crippen LogP contribution in [-0.2, 0) is 4.74 Å². The molecule has 1 saturated heterocycles. The monoisotopic (exact) mass is 204 g/mol. The summed E-state index contributed by atoms with van der Waals surface area (Å²) < 4.78 is 5.43. The van der Waals surface area contributed by atoms with Gasteiger partial charge in [0.05, 0.1) is 6.61 Å². The van der Waals surface area contributed by atoms with Crippen molar-refractivity contribution in [3.63, 3.8) is 0 Å². The minimum absolute atomic E-state index is 0.344. The van der Waals surface area contributed by atoms with Gasteiger partial charge in [0.25, 0.3) is 0 Å². The summed E-state index contributed by atoms with van der Waals surface area (Å²) in [6, 6.07) is 0. The molecule has 0 aromatic rings. The Hall–Kier alpha value is 0.250. The summed E-state index contributed by atoms with van der Waals surface area (Å²) >= 11 is 6.23. The van der Waals surface area contributed by atoms with Gasteiger partial charge in [-0.2, -0.15) is 0 Å². The fourth-order valence-corrected chi connectivity index (χ4v) is 1.94. The minimum atomic E-state index is 0.344. The lowest BCUT2D eigenvalue weighted by Gasteiger charge is -2.29. The largest absolute Gasteiger partial charge is 0.381 e. The van der Waals surface area contributed by atoms with Gasteiger partial charge in [0.15, 0.2) is 0 Å². The molecular weight excluding hydrogens is 184 g/mol. The quantitative estimate of drug-likeness (QED) is 0.626. The molecule has 1 heterocycles. The van der Waals surface area contributed by atoms with Crippen LogP contribution in [-0.4, -0.2) is 18.6 Å². The van der Waals surface area contributed by atoms with Crippen LogP contribution >= 0.6 is 11.6 Å². The van der Waals surface area contributed by atoms with Crippen LogP contribution in [0.5, 0.6) is 0 Å². The molecule has 0 aromatic carbocycles. The van der Waals surface area contributed by atoms with E-state index in [4.69, 9.17) is 16.3 Å². The third-order valence-electron chi connectivity index (χ3n) is 2.65. The van der Waals surface area contributed by atoms with Gasteiger partial charge < -0.3 is 4.74 Å². The fourth-order valence-electron chi connectivity index (χ4n) is 1.65. The number of halogens is 1. The van der Waals surface area contributed by atoms with Gasteiger partial charge in [0.1, 0.15) is 0 Å². The molecule has 0 bridgehead atoms. The van der Waals surface area contributed by atoms with Crippen LogP contribution in [0.4, 0.5) is 0 Å². The van der Waals surface area contributed by atoms with Crippen molar-refractivity contribution in [2.45, 2.75) is 45.4 Å². The zero-order chi connectivity index (χ0) is 9.90. The molecule has 0 radical (unpaired) electrons. The van der Waals surface area contributed by atoms with Crippen LogP contribution in [0.2, 0.25) is 0 Å². The first-order chi connectivity index (χ1) is 5.99. The van der Waals surface area contributed by atoms with Crippen molar-refractivity contribution in [3.05, 3.63) is 0 Å². The molecule has 0 spiro atoms. The maximum absolute atomic E-state index is 6.23. The molecule has 1 aliphatic rings. The first-order valence-electron chi connectivity index (χ1n) is 5.21. The Kier molecular flexibility index (Phi) is 4.06. The third kappa shape index (κ3) is 4.33. The van der Waals surface area contributed by atoms with Gasteiger partial charge in [-0.15, -0.1) is 11.6 Å². The standard InChI is InChI=1S/C11H21ClO/c1-11(2,3)6-4-9-8-13-7-5-10(9)12/h9-10H,4-8H2,1-3H3. The van der Waals surface area contributed by atoms with Gasteiger partial charge in [-0.05, 0) is 30.6 Å². The average molecular weight is 205 g/mol. The second kappa shape index (κ2) is 4.65. The van der Waals surface area contributed by atoms with Gasteiger partial charge >= 0.3 is 0 Å². The Balaban J connectivity index is 2.27. The van der Waals surface area contributed by atoms with Crippen molar-refractivity contribution >= 4 is 11.6 Å². The molecule has 1 rings (SSSR count). The van der Waals surface area contributed by atoms with Gasteiger partial charge in [-0.3, -0.25) is 0 Å². The maximum Gasteiger partial charge on any atom is 0.0508 e. The highest BCUT2D eigenvalue weighted by Gasteiger charge is 2.25. The van der Waals surface area contributed by atoms with Crippen molar-refractivity contribution in [1.82, 2.24) is 0 Å². The van der Waals surface area contributed by atoms with E-state index < -0.39 is 0 Å². The van der Waals surface area contributed by atoms with Crippen molar-refractivity contribution < 1.29 is 4.74 Å². The van der Waals surface area contributed by atoms with Gasteiger partial charge in [-0.1, -0.05) is 20.8 Å². The topological polar surface area (TPSA) is 9.23 Å². The molecule has 1 aliphatic heterocycles. The minimum Gasteiger partial charge on any atom is -0.381 e. The third-order valence-corrected chi connectivity index (χ3v) is 3.22. The van der Waals surface area contributed by atoms with Crippen LogP contribution < -0.4 is 0 Å². The molecule has 0 N–H and O–H groups in total. The summed E-state index contributed by atoms with van der Waals surface area (Å²) in [5, 5.41) is 0.344. The lowest BCUT2D eigenvalue weighted by molar-refractivity contribution is 0.0502. The van der Waals surface area contributed by atoms with Crippen LogP contribution in [0, 0.1) is 11.3 Å². The first kappa shape index (κ1) is 11.3. The molecule has 2 unspecified atom stereocenters. The molecule has 2 atom stereocenters. The van der Waals surface area contributed by atoms with Crippen molar-refractivity contribution in [1.29, 1.82) is 0 Å². The summed E-state index contributed by atoms with van der Waals surface area (Å²) in [4.78, 5) is 0. The van der Waals surface area contributed by atoms with Crippen LogP contribution in [0.25, 0.3) is 0 Å². The average Bonchev–Trinajstić information content (AvgIpc) is 2.01. The number of ether oxygens (including phenoxy) is 1. The van der Waals surface area contributed by atoms with Gasteiger partial charge in [0, 0.05) is 12.0 Å². The molecule has 1 fully saturated rings. The van der Waals surface area contributed by atoms with E-state index in [0.717, 1.165) is 19.6 Å². The van der Waals surface area contributed by atoms with Crippen LogP contribution in [0.1, 0.15) is 40.0 Å². The lowest BCUT2D eigenvalue weighted by atomic mass is 9.85. The smallest absolute Gasteiger partial charge is 0.0508 e. The van der Waals surface area contributed by atoms with Gasteiger partial charge in [-0.25, -0.2) is 0 Å². The fraction of sp³-hybridized carbons (Fsp3) is 1.00. The van der Waals surface area contributed by atoms with E-state index in [1.54, 1.807) is 0 Å². The Morgan fingerprint density at radius 1 is 1.38 bits per heavy atom. The zero-order valence-electron chi connectivity index (χ0n) is 8.98. The summed E-state index contributed by atoms with van der Waals surface area (Å²) in [5.41, 5.74) is 0.425. The molecule has 0 aliphatic carbocycles. The molecule has 78 valence electrons. The number of hydrogen-bond donors (Lipinski definition) is 0. The van der Waals surface area contributed by atoms with Crippen molar-refractivity contribution in [2.24, 2.45) is 11.3 Å². The summed E-state index contributed by atoms with van der Waals surface area (Å²) in [7, 11) is 0. The van der Waals surface area contributed by atoms with E-state index in [9.17, 15) is 0 Å². The predicted molar refractivity (Wildman–Crippen MR) is 57.3 cm³/mol. The SMILES string of the molecule is CC(C)(C)CCC1COCCC1Cl. The second-order valence-electron chi connectivity index (χ2n) is 5.24. The molecule has 1 nitrogen and oxygen atoms in total. The Labute approximate surface area is 86.8 Å².